The average Bonchev–Trinajstić information content (AvgIpc) is 2.71. The second-order valence-corrected chi connectivity index (χ2v) is 3.40. The molecule has 0 bridgehead atoms. The Bertz CT molecular complexity index is 421. The summed E-state index contributed by atoms with van der Waals surface area (Å²) in [7, 11) is 0. The first-order valence-corrected chi connectivity index (χ1v) is 5.26. The van der Waals surface area contributed by atoms with Crippen LogP contribution in [0.5, 0.6) is 0 Å². The van der Waals surface area contributed by atoms with Crippen molar-refractivity contribution in [2.24, 2.45) is 0 Å². The van der Waals surface area contributed by atoms with Crippen molar-refractivity contribution in [3.63, 3.8) is 0 Å². The van der Waals surface area contributed by atoms with E-state index in [0.29, 0.717) is 12.2 Å². The van der Waals surface area contributed by atoms with Gasteiger partial charge in [-0.05, 0) is 19.1 Å². The molecule has 0 radical (unpaired) electrons. The second-order valence-electron chi connectivity index (χ2n) is 3.40. The highest BCUT2D eigenvalue weighted by Crippen LogP contribution is 2.17. The molecule has 1 aliphatic rings. The fourth-order valence-corrected chi connectivity index (χ4v) is 1.56. The first kappa shape index (κ1) is 11.5. The van der Waals surface area contributed by atoms with Gasteiger partial charge in [0.15, 0.2) is 6.23 Å². The molecule has 1 aromatic heterocycles. The van der Waals surface area contributed by atoms with Crippen LogP contribution < -0.4 is 0 Å². The number of hydrogen-bond donors (Lipinski definition) is 0. The molecule has 0 saturated carbocycles. The average molecular weight is 236 g/mol. The van der Waals surface area contributed by atoms with Crippen molar-refractivity contribution in [2.75, 3.05) is 13.2 Å². The van der Waals surface area contributed by atoms with E-state index in [2.05, 4.69) is 4.98 Å². The summed E-state index contributed by atoms with van der Waals surface area (Å²) in [5.41, 5.74) is 0.330. The van der Waals surface area contributed by atoms with Crippen LogP contribution in [-0.2, 0) is 9.47 Å². The largest absolute Gasteiger partial charge is 0.444 e. The Labute approximate surface area is 98.1 Å². The summed E-state index contributed by atoms with van der Waals surface area (Å²) in [6, 6.07) is 3.22. The van der Waals surface area contributed by atoms with Gasteiger partial charge < -0.3 is 9.47 Å². The van der Waals surface area contributed by atoms with Gasteiger partial charge in [0.05, 0.1) is 5.56 Å². The smallest absolute Gasteiger partial charge is 0.419 e. The highest BCUT2D eigenvalue weighted by atomic mass is 16.6. The van der Waals surface area contributed by atoms with Crippen LogP contribution in [0.2, 0.25) is 0 Å². The van der Waals surface area contributed by atoms with Gasteiger partial charge in [0.25, 0.3) is 5.91 Å². The van der Waals surface area contributed by atoms with E-state index in [9.17, 15) is 9.59 Å². The van der Waals surface area contributed by atoms with E-state index in [4.69, 9.17) is 9.47 Å². The third kappa shape index (κ3) is 2.26. The number of pyridine rings is 1. The van der Waals surface area contributed by atoms with Gasteiger partial charge in [-0.3, -0.25) is 9.78 Å². The monoisotopic (exact) mass is 236 g/mol. The molecule has 0 aliphatic carbocycles. The zero-order valence-electron chi connectivity index (χ0n) is 9.33. The Morgan fingerprint density at radius 1 is 1.71 bits per heavy atom. The van der Waals surface area contributed by atoms with Crippen LogP contribution in [0.15, 0.2) is 24.5 Å². The Hall–Kier alpha value is -1.95. The fraction of sp³-hybridized carbons (Fsp3) is 0.364. The summed E-state index contributed by atoms with van der Waals surface area (Å²) >= 11 is 0. The van der Waals surface area contributed by atoms with Gasteiger partial charge in [-0.2, -0.15) is 0 Å². The molecular formula is C11H12N2O4. The molecule has 2 rings (SSSR count). The minimum Gasteiger partial charge on any atom is -0.444 e. The summed E-state index contributed by atoms with van der Waals surface area (Å²) in [6.07, 6.45) is 1.62. The fourth-order valence-electron chi connectivity index (χ4n) is 1.56. The Morgan fingerprint density at radius 3 is 3.18 bits per heavy atom. The number of nitrogens with zero attached hydrogens (tertiary/aromatic N) is 2. The second kappa shape index (κ2) is 4.92. The standard InChI is InChI=1S/C11H12N2O4/c1-2-16-9-7-17-11(15)13(9)10(14)8-4-3-5-12-6-8/h3-6,9H,2,7H2,1H3. The van der Waals surface area contributed by atoms with Gasteiger partial charge in [-0.15, -0.1) is 0 Å². The first-order valence-electron chi connectivity index (χ1n) is 5.26. The Kier molecular flexibility index (Phi) is 3.34. The lowest BCUT2D eigenvalue weighted by molar-refractivity contribution is -0.00825. The molecule has 0 N–H and O–H groups in total. The molecule has 2 amide bonds. The number of aromatic nitrogens is 1. The minimum absolute atomic E-state index is 0.0681. The van der Waals surface area contributed by atoms with E-state index in [-0.39, 0.29) is 6.61 Å². The number of hydrogen-bond acceptors (Lipinski definition) is 5. The maximum atomic E-state index is 12.0. The molecule has 90 valence electrons. The van der Waals surface area contributed by atoms with Crippen molar-refractivity contribution in [2.45, 2.75) is 13.2 Å². The maximum absolute atomic E-state index is 12.0. The third-order valence-electron chi connectivity index (χ3n) is 2.32. The van der Waals surface area contributed by atoms with Crippen molar-refractivity contribution >= 4 is 12.0 Å². The Balaban J connectivity index is 2.20. The summed E-state index contributed by atoms with van der Waals surface area (Å²) in [6.45, 7) is 2.26. The lowest BCUT2D eigenvalue weighted by Gasteiger charge is -2.18. The SMILES string of the molecule is CCOC1COC(=O)N1C(=O)c1cccnc1. The summed E-state index contributed by atoms with van der Waals surface area (Å²) in [5.74, 6) is -0.459. The van der Waals surface area contributed by atoms with Crippen LogP contribution in [0, 0.1) is 0 Å². The quantitative estimate of drug-likeness (QED) is 0.784. The summed E-state index contributed by atoms with van der Waals surface area (Å²) in [4.78, 5) is 28.3. The zero-order chi connectivity index (χ0) is 12.3. The van der Waals surface area contributed by atoms with Crippen molar-refractivity contribution in [3.05, 3.63) is 30.1 Å². The van der Waals surface area contributed by atoms with Gasteiger partial charge in [0.2, 0.25) is 0 Å². The number of imide groups is 1. The summed E-state index contributed by atoms with van der Waals surface area (Å²) < 4.78 is 10.1. The number of amides is 2. The molecule has 0 aromatic carbocycles. The lowest BCUT2D eigenvalue weighted by Crippen LogP contribution is -2.40. The molecule has 2 heterocycles. The van der Waals surface area contributed by atoms with E-state index in [1.807, 2.05) is 0 Å². The van der Waals surface area contributed by atoms with Crippen LogP contribution >= 0.6 is 0 Å². The topological polar surface area (TPSA) is 68.7 Å². The van der Waals surface area contributed by atoms with Crippen LogP contribution in [-0.4, -0.2) is 41.3 Å². The molecule has 1 fully saturated rings. The van der Waals surface area contributed by atoms with E-state index in [1.165, 1.54) is 6.20 Å². The van der Waals surface area contributed by atoms with Crippen LogP contribution in [0.25, 0.3) is 0 Å². The summed E-state index contributed by atoms with van der Waals surface area (Å²) in [5, 5.41) is 0. The highest BCUT2D eigenvalue weighted by molar-refractivity contribution is 6.03. The molecule has 1 atom stereocenters. The van der Waals surface area contributed by atoms with Crippen molar-refractivity contribution in [1.29, 1.82) is 0 Å². The molecule has 1 aliphatic heterocycles. The number of ether oxygens (including phenoxy) is 2. The molecule has 1 saturated heterocycles. The lowest BCUT2D eigenvalue weighted by atomic mass is 10.2. The van der Waals surface area contributed by atoms with Gasteiger partial charge in [0.1, 0.15) is 6.61 Å². The van der Waals surface area contributed by atoms with Crippen LogP contribution in [0.3, 0.4) is 0 Å². The zero-order valence-corrected chi connectivity index (χ0v) is 9.33. The van der Waals surface area contributed by atoms with Crippen molar-refractivity contribution in [1.82, 2.24) is 9.88 Å². The third-order valence-corrected chi connectivity index (χ3v) is 2.32. The van der Waals surface area contributed by atoms with Crippen molar-refractivity contribution < 1.29 is 19.1 Å². The van der Waals surface area contributed by atoms with E-state index in [1.54, 1.807) is 25.3 Å². The van der Waals surface area contributed by atoms with Gasteiger partial charge in [0, 0.05) is 19.0 Å². The van der Waals surface area contributed by atoms with Gasteiger partial charge in [-0.1, -0.05) is 0 Å². The van der Waals surface area contributed by atoms with Gasteiger partial charge in [-0.25, -0.2) is 9.69 Å². The van der Waals surface area contributed by atoms with Crippen LogP contribution in [0.1, 0.15) is 17.3 Å². The highest BCUT2D eigenvalue weighted by Gasteiger charge is 2.38. The predicted octanol–water partition coefficient (Wildman–Crippen LogP) is 1.04. The molecule has 0 spiro atoms. The molecule has 1 unspecified atom stereocenters. The van der Waals surface area contributed by atoms with E-state index < -0.39 is 18.2 Å². The number of carbonyl (C=O) groups is 2. The Morgan fingerprint density at radius 2 is 2.53 bits per heavy atom. The predicted molar refractivity (Wildman–Crippen MR) is 57.2 cm³/mol. The molecular weight excluding hydrogens is 224 g/mol. The molecule has 6 nitrogen and oxygen atoms in total. The van der Waals surface area contributed by atoms with E-state index in [0.717, 1.165) is 4.90 Å². The number of rotatable bonds is 3. The maximum Gasteiger partial charge on any atom is 0.419 e. The van der Waals surface area contributed by atoms with E-state index >= 15 is 0 Å². The molecule has 6 heteroatoms. The normalized spacial score (nSPS) is 19.2. The molecule has 17 heavy (non-hydrogen) atoms. The first-order chi connectivity index (χ1) is 8.24. The number of carbonyl (C=O) groups excluding carboxylic acids is 2. The minimum atomic E-state index is -0.683. The molecule has 1 aromatic rings. The van der Waals surface area contributed by atoms with Crippen molar-refractivity contribution in [3.8, 4) is 0 Å². The van der Waals surface area contributed by atoms with Gasteiger partial charge >= 0.3 is 6.09 Å². The van der Waals surface area contributed by atoms with Crippen LogP contribution in [0.4, 0.5) is 4.79 Å². The number of cyclic esters (lactones) is 1.